The predicted octanol–water partition coefficient (Wildman–Crippen LogP) is 3.85. The molecule has 0 radical (unpaired) electrons. The maximum atomic E-state index is 12.1. The number of nitrogens with one attached hydrogen (secondary N) is 1. The third-order valence-corrected chi connectivity index (χ3v) is 5.52. The maximum absolute atomic E-state index is 12.1. The zero-order valence-corrected chi connectivity index (χ0v) is 16.3. The quantitative estimate of drug-likeness (QED) is 0.789. The van der Waals surface area contributed by atoms with E-state index in [1.54, 1.807) is 0 Å². The fourth-order valence-electron chi connectivity index (χ4n) is 3.01. The molecule has 4 nitrogen and oxygen atoms in total. The molecular formula is C17H25Cl2N3OS. The van der Waals surface area contributed by atoms with E-state index in [4.69, 9.17) is 4.98 Å². The van der Waals surface area contributed by atoms with E-state index in [1.165, 1.54) is 9.71 Å². The van der Waals surface area contributed by atoms with Crippen molar-refractivity contribution in [2.24, 2.45) is 0 Å². The van der Waals surface area contributed by atoms with Crippen LogP contribution in [0.4, 0.5) is 0 Å². The van der Waals surface area contributed by atoms with Gasteiger partial charge in [0.05, 0.1) is 15.2 Å². The molecule has 0 unspecified atom stereocenters. The zero-order chi connectivity index (χ0) is 15.4. The number of nitrogens with zero attached hydrogens (tertiary/aromatic N) is 2. The first kappa shape index (κ1) is 21.2. The molecule has 0 saturated carbocycles. The minimum atomic E-state index is 0. The number of likely N-dealkylation sites (tertiary alicyclic amines) is 1. The number of hydrogen-bond acceptors (Lipinski definition) is 4. The molecule has 1 amide bonds. The SMILES string of the molecule is CNCCCC(=O)N1CCC(c2nc3ccccc3s2)CC1.Cl.Cl. The lowest BCUT2D eigenvalue weighted by Crippen LogP contribution is -2.38. The molecule has 1 saturated heterocycles. The van der Waals surface area contributed by atoms with Crippen LogP contribution in [0.25, 0.3) is 10.2 Å². The number of para-hydroxylation sites is 1. The Labute approximate surface area is 159 Å². The van der Waals surface area contributed by atoms with Crippen molar-refractivity contribution in [3.05, 3.63) is 29.3 Å². The van der Waals surface area contributed by atoms with E-state index in [1.807, 2.05) is 29.4 Å². The third-order valence-electron chi connectivity index (χ3n) is 4.32. The van der Waals surface area contributed by atoms with Crippen molar-refractivity contribution < 1.29 is 4.79 Å². The normalized spacial score (nSPS) is 15.0. The van der Waals surface area contributed by atoms with Crippen LogP contribution in [0, 0.1) is 0 Å². The summed E-state index contributed by atoms with van der Waals surface area (Å²) in [6.07, 6.45) is 3.66. The van der Waals surface area contributed by atoms with Gasteiger partial charge in [-0.15, -0.1) is 36.2 Å². The van der Waals surface area contributed by atoms with Gasteiger partial charge in [-0.2, -0.15) is 0 Å². The molecule has 0 bridgehead atoms. The topological polar surface area (TPSA) is 45.2 Å². The molecule has 1 aromatic carbocycles. The van der Waals surface area contributed by atoms with E-state index in [-0.39, 0.29) is 24.8 Å². The van der Waals surface area contributed by atoms with E-state index in [0.29, 0.717) is 18.2 Å². The van der Waals surface area contributed by atoms with E-state index < -0.39 is 0 Å². The summed E-state index contributed by atoms with van der Waals surface area (Å²) < 4.78 is 1.27. The van der Waals surface area contributed by atoms with Crippen molar-refractivity contribution in [2.75, 3.05) is 26.7 Å². The number of aromatic nitrogens is 1. The van der Waals surface area contributed by atoms with Crippen molar-refractivity contribution >= 4 is 52.3 Å². The molecule has 1 fully saturated rings. The summed E-state index contributed by atoms with van der Waals surface area (Å²) in [5, 5.41) is 4.33. The molecule has 1 N–H and O–H groups in total. The number of carbonyl (C=O) groups is 1. The van der Waals surface area contributed by atoms with Crippen molar-refractivity contribution in [3.8, 4) is 0 Å². The summed E-state index contributed by atoms with van der Waals surface area (Å²) in [7, 11) is 1.92. The second-order valence-corrected chi connectivity index (χ2v) is 6.94. The van der Waals surface area contributed by atoms with Gasteiger partial charge in [0.1, 0.15) is 0 Å². The number of fused-ring (bicyclic) bond motifs is 1. The summed E-state index contributed by atoms with van der Waals surface area (Å²) in [6.45, 7) is 2.66. The molecule has 1 aliphatic heterocycles. The smallest absolute Gasteiger partial charge is 0.222 e. The van der Waals surface area contributed by atoms with Gasteiger partial charge in [0.25, 0.3) is 0 Å². The summed E-state index contributed by atoms with van der Waals surface area (Å²) in [5.74, 6) is 0.816. The van der Waals surface area contributed by atoms with Crippen molar-refractivity contribution in [1.29, 1.82) is 0 Å². The van der Waals surface area contributed by atoms with E-state index in [2.05, 4.69) is 23.5 Å². The molecule has 1 aliphatic rings. The summed E-state index contributed by atoms with van der Waals surface area (Å²) in [4.78, 5) is 18.9. The standard InChI is InChI=1S/C17H23N3OS.2ClH/c1-18-10-4-7-16(21)20-11-8-13(9-12-20)17-19-14-5-2-3-6-15(14)22-17;;/h2-3,5-6,13,18H,4,7-12H2,1H3;2*1H. The zero-order valence-electron chi connectivity index (χ0n) is 13.9. The molecule has 1 aromatic heterocycles. The second kappa shape index (κ2) is 10.2. The van der Waals surface area contributed by atoms with Crippen LogP contribution in [-0.4, -0.2) is 42.5 Å². The fourth-order valence-corrected chi connectivity index (χ4v) is 4.15. The van der Waals surface area contributed by atoms with Crippen LogP contribution in [0.1, 0.15) is 36.6 Å². The van der Waals surface area contributed by atoms with Crippen molar-refractivity contribution in [2.45, 2.75) is 31.6 Å². The van der Waals surface area contributed by atoms with Crippen molar-refractivity contribution in [1.82, 2.24) is 15.2 Å². The van der Waals surface area contributed by atoms with Gasteiger partial charge in [0.2, 0.25) is 5.91 Å². The van der Waals surface area contributed by atoms with Crippen LogP contribution in [-0.2, 0) is 4.79 Å². The highest BCUT2D eigenvalue weighted by molar-refractivity contribution is 7.18. The summed E-state index contributed by atoms with van der Waals surface area (Å²) >= 11 is 1.81. The van der Waals surface area contributed by atoms with Gasteiger partial charge in [-0.3, -0.25) is 4.79 Å². The Kier molecular flexibility index (Phi) is 8.98. The van der Waals surface area contributed by atoms with Gasteiger partial charge < -0.3 is 10.2 Å². The molecule has 0 spiro atoms. The van der Waals surface area contributed by atoms with Gasteiger partial charge in [-0.25, -0.2) is 4.98 Å². The molecular weight excluding hydrogens is 365 g/mol. The number of benzene rings is 1. The lowest BCUT2D eigenvalue weighted by Gasteiger charge is -2.31. The van der Waals surface area contributed by atoms with Gasteiger partial charge in [-0.1, -0.05) is 12.1 Å². The first-order valence-corrected chi connectivity index (χ1v) is 8.87. The fraction of sp³-hybridized carbons (Fsp3) is 0.529. The minimum absolute atomic E-state index is 0. The van der Waals surface area contributed by atoms with Crippen LogP contribution >= 0.6 is 36.2 Å². The molecule has 0 atom stereocenters. The molecule has 24 heavy (non-hydrogen) atoms. The maximum Gasteiger partial charge on any atom is 0.222 e. The minimum Gasteiger partial charge on any atom is -0.343 e. The lowest BCUT2D eigenvalue weighted by atomic mass is 9.97. The highest BCUT2D eigenvalue weighted by atomic mass is 35.5. The molecule has 2 aromatic rings. The van der Waals surface area contributed by atoms with E-state index in [0.717, 1.165) is 44.4 Å². The highest BCUT2D eigenvalue weighted by Crippen LogP contribution is 2.33. The van der Waals surface area contributed by atoms with E-state index >= 15 is 0 Å². The molecule has 2 heterocycles. The number of piperidine rings is 1. The van der Waals surface area contributed by atoms with Crippen LogP contribution in [0.3, 0.4) is 0 Å². The van der Waals surface area contributed by atoms with Crippen LogP contribution < -0.4 is 5.32 Å². The molecule has 7 heteroatoms. The number of hydrogen-bond donors (Lipinski definition) is 1. The van der Waals surface area contributed by atoms with Gasteiger partial charge >= 0.3 is 0 Å². The number of thiazole rings is 1. The summed E-state index contributed by atoms with van der Waals surface area (Å²) in [6, 6.07) is 8.32. The average molecular weight is 390 g/mol. The average Bonchev–Trinajstić information content (AvgIpc) is 2.99. The molecule has 134 valence electrons. The largest absolute Gasteiger partial charge is 0.343 e. The number of rotatable bonds is 5. The number of halogens is 2. The lowest BCUT2D eigenvalue weighted by molar-refractivity contribution is -0.132. The first-order chi connectivity index (χ1) is 10.8. The first-order valence-electron chi connectivity index (χ1n) is 8.06. The Morgan fingerprint density at radius 2 is 2.00 bits per heavy atom. The van der Waals surface area contributed by atoms with Crippen LogP contribution in [0.5, 0.6) is 0 Å². The Bertz CT molecular complexity index is 609. The summed E-state index contributed by atoms with van der Waals surface area (Å²) in [5.41, 5.74) is 1.10. The number of carbonyl (C=O) groups excluding carboxylic acids is 1. The Morgan fingerprint density at radius 1 is 1.29 bits per heavy atom. The van der Waals surface area contributed by atoms with Gasteiger partial charge in [0.15, 0.2) is 0 Å². The third kappa shape index (κ3) is 5.06. The Balaban J connectivity index is 0.00000144. The Hall–Kier alpha value is -0.880. The van der Waals surface area contributed by atoms with Crippen LogP contribution in [0.15, 0.2) is 24.3 Å². The van der Waals surface area contributed by atoms with Crippen LogP contribution in [0.2, 0.25) is 0 Å². The number of amides is 1. The molecule has 0 aliphatic carbocycles. The molecule has 3 rings (SSSR count). The van der Waals surface area contributed by atoms with E-state index in [9.17, 15) is 4.79 Å². The predicted molar refractivity (Wildman–Crippen MR) is 106 cm³/mol. The Morgan fingerprint density at radius 3 is 2.67 bits per heavy atom. The second-order valence-electron chi connectivity index (χ2n) is 5.88. The highest BCUT2D eigenvalue weighted by Gasteiger charge is 2.25. The van der Waals surface area contributed by atoms with Crippen molar-refractivity contribution in [3.63, 3.8) is 0 Å². The monoisotopic (exact) mass is 389 g/mol. The van der Waals surface area contributed by atoms with Gasteiger partial charge in [-0.05, 0) is 45.0 Å². The van der Waals surface area contributed by atoms with Gasteiger partial charge in [0, 0.05) is 25.4 Å².